The summed E-state index contributed by atoms with van der Waals surface area (Å²) >= 11 is 0. The molecule has 0 aliphatic carbocycles. The van der Waals surface area contributed by atoms with Gasteiger partial charge in [0, 0.05) is 19.3 Å². The molecule has 0 spiro atoms. The second kappa shape index (κ2) is 8.52. The lowest BCUT2D eigenvalue weighted by Gasteiger charge is -2.10. The van der Waals surface area contributed by atoms with Gasteiger partial charge in [0.25, 0.3) is 0 Å². The standard InChI is InChI=1S/C11H25NO/c1-10(2)6-5-8-13-9-7-11(3)12-4/h10-12H,5-9H2,1-4H3. The minimum atomic E-state index is 0.574. The van der Waals surface area contributed by atoms with Gasteiger partial charge in [0.15, 0.2) is 0 Å². The minimum Gasteiger partial charge on any atom is -0.381 e. The van der Waals surface area contributed by atoms with E-state index in [0.29, 0.717) is 6.04 Å². The van der Waals surface area contributed by atoms with Gasteiger partial charge in [0.05, 0.1) is 0 Å². The molecule has 0 bridgehead atoms. The Bertz CT molecular complexity index is 104. The first-order valence-electron chi connectivity index (χ1n) is 5.41. The van der Waals surface area contributed by atoms with Crippen molar-refractivity contribution in [3.63, 3.8) is 0 Å². The number of nitrogens with one attached hydrogen (secondary N) is 1. The van der Waals surface area contributed by atoms with Crippen LogP contribution in [0, 0.1) is 5.92 Å². The van der Waals surface area contributed by atoms with Gasteiger partial charge in [-0.1, -0.05) is 13.8 Å². The maximum absolute atomic E-state index is 5.52. The lowest BCUT2D eigenvalue weighted by molar-refractivity contribution is 0.120. The molecule has 0 aliphatic rings. The molecule has 0 aromatic carbocycles. The quantitative estimate of drug-likeness (QED) is 0.589. The molecule has 0 radical (unpaired) electrons. The average molecular weight is 187 g/mol. The van der Waals surface area contributed by atoms with Gasteiger partial charge in [-0.05, 0) is 39.2 Å². The maximum atomic E-state index is 5.52. The van der Waals surface area contributed by atoms with E-state index in [1.807, 2.05) is 7.05 Å². The van der Waals surface area contributed by atoms with Crippen LogP contribution in [0.3, 0.4) is 0 Å². The van der Waals surface area contributed by atoms with Gasteiger partial charge in [-0.3, -0.25) is 0 Å². The summed E-state index contributed by atoms with van der Waals surface area (Å²) in [6, 6.07) is 0.574. The highest BCUT2D eigenvalue weighted by Crippen LogP contribution is 2.03. The van der Waals surface area contributed by atoms with Crippen LogP contribution in [0.4, 0.5) is 0 Å². The molecule has 1 atom stereocenters. The molecular formula is C11H25NO. The Hall–Kier alpha value is -0.0800. The van der Waals surface area contributed by atoms with Crippen molar-refractivity contribution in [1.29, 1.82) is 0 Å². The summed E-state index contributed by atoms with van der Waals surface area (Å²) in [5.74, 6) is 0.805. The Morgan fingerprint density at radius 1 is 1.08 bits per heavy atom. The fourth-order valence-electron chi connectivity index (χ4n) is 1.10. The summed E-state index contributed by atoms with van der Waals surface area (Å²) < 4.78 is 5.52. The number of rotatable bonds is 8. The third-order valence-electron chi connectivity index (χ3n) is 2.26. The van der Waals surface area contributed by atoms with Crippen molar-refractivity contribution in [2.24, 2.45) is 5.92 Å². The SMILES string of the molecule is CNC(C)CCOCCCC(C)C. The second-order valence-corrected chi connectivity index (χ2v) is 4.13. The Balaban J connectivity index is 2.99. The molecule has 1 N–H and O–H groups in total. The number of hydrogen-bond acceptors (Lipinski definition) is 2. The van der Waals surface area contributed by atoms with Gasteiger partial charge in [-0.15, -0.1) is 0 Å². The van der Waals surface area contributed by atoms with Crippen LogP contribution in [0.2, 0.25) is 0 Å². The van der Waals surface area contributed by atoms with Crippen molar-refractivity contribution in [3.8, 4) is 0 Å². The van der Waals surface area contributed by atoms with Crippen LogP contribution in [0.1, 0.15) is 40.0 Å². The highest BCUT2D eigenvalue weighted by molar-refractivity contribution is 4.55. The van der Waals surface area contributed by atoms with Gasteiger partial charge in [0.1, 0.15) is 0 Å². The molecule has 0 aromatic heterocycles. The molecule has 1 unspecified atom stereocenters. The van der Waals surface area contributed by atoms with Crippen LogP contribution in [0.5, 0.6) is 0 Å². The average Bonchev–Trinajstić information content (AvgIpc) is 2.10. The fourth-order valence-corrected chi connectivity index (χ4v) is 1.10. The zero-order valence-corrected chi connectivity index (χ0v) is 9.60. The van der Waals surface area contributed by atoms with Crippen molar-refractivity contribution in [2.45, 2.75) is 46.1 Å². The largest absolute Gasteiger partial charge is 0.381 e. The number of hydrogen-bond donors (Lipinski definition) is 1. The lowest BCUT2D eigenvalue weighted by atomic mass is 10.1. The summed E-state index contributed by atoms with van der Waals surface area (Å²) in [5.41, 5.74) is 0. The summed E-state index contributed by atoms with van der Waals surface area (Å²) in [6.45, 7) is 8.50. The smallest absolute Gasteiger partial charge is 0.0480 e. The van der Waals surface area contributed by atoms with E-state index in [9.17, 15) is 0 Å². The van der Waals surface area contributed by atoms with Crippen molar-refractivity contribution < 1.29 is 4.74 Å². The van der Waals surface area contributed by atoms with Crippen LogP contribution >= 0.6 is 0 Å². The predicted octanol–water partition coefficient (Wildman–Crippen LogP) is 2.44. The first kappa shape index (κ1) is 12.9. The van der Waals surface area contributed by atoms with Crippen LogP contribution in [-0.4, -0.2) is 26.3 Å². The van der Waals surface area contributed by atoms with Gasteiger partial charge in [-0.2, -0.15) is 0 Å². The van der Waals surface area contributed by atoms with Crippen molar-refractivity contribution in [3.05, 3.63) is 0 Å². The third kappa shape index (κ3) is 9.84. The first-order chi connectivity index (χ1) is 6.16. The molecule has 80 valence electrons. The van der Waals surface area contributed by atoms with Gasteiger partial charge < -0.3 is 10.1 Å². The zero-order valence-electron chi connectivity index (χ0n) is 9.60. The Kier molecular flexibility index (Phi) is 8.46. The van der Waals surface area contributed by atoms with E-state index in [4.69, 9.17) is 4.74 Å². The summed E-state index contributed by atoms with van der Waals surface area (Å²) in [4.78, 5) is 0. The zero-order chi connectivity index (χ0) is 10.1. The molecule has 0 amide bonds. The van der Waals surface area contributed by atoms with Crippen LogP contribution in [-0.2, 0) is 4.74 Å². The Morgan fingerprint density at radius 2 is 1.77 bits per heavy atom. The highest BCUT2D eigenvalue weighted by atomic mass is 16.5. The van der Waals surface area contributed by atoms with E-state index in [1.54, 1.807) is 0 Å². The van der Waals surface area contributed by atoms with E-state index < -0.39 is 0 Å². The molecule has 0 aromatic rings. The molecule has 0 saturated carbocycles. The topological polar surface area (TPSA) is 21.3 Å². The van der Waals surface area contributed by atoms with Crippen LogP contribution < -0.4 is 5.32 Å². The lowest BCUT2D eigenvalue weighted by Crippen LogP contribution is -2.22. The second-order valence-electron chi connectivity index (χ2n) is 4.13. The summed E-state index contributed by atoms with van der Waals surface area (Å²) in [7, 11) is 1.99. The van der Waals surface area contributed by atoms with Gasteiger partial charge in [-0.25, -0.2) is 0 Å². The van der Waals surface area contributed by atoms with E-state index in [0.717, 1.165) is 25.6 Å². The normalized spacial score (nSPS) is 13.6. The van der Waals surface area contributed by atoms with Crippen molar-refractivity contribution >= 4 is 0 Å². The monoisotopic (exact) mass is 187 g/mol. The molecule has 13 heavy (non-hydrogen) atoms. The van der Waals surface area contributed by atoms with E-state index >= 15 is 0 Å². The molecule has 0 fully saturated rings. The van der Waals surface area contributed by atoms with Crippen LogP contribution in [0.15, 0.2) is 0 Å². The first-order valence-corrected chi connectivity index (χ1v) is 5.41. The molecule has 2 heteroatoms. The minimum absolute atomic E-state index is 0.574. The summed E-state index contributed by atoms with van der Waals surface area (Å²) in [6.07, 6.45) is 3.59. The molecule has 2 nitrogen and oxygen atoms in total. The molecule has 0 saturated heterocycles. The van der Waals surface area contributed by atoms with Crippen LogP contribution in [0.25, 0.3) is 0 Å². The van der Waals surface area contributed by atoms with E-state index in [1.165, 1.54) is 12.8 Å². The molecule has 0 aliphatic heterocycles. The highest BCUT2D eigenvalue weighted by Gasteiger charge is 1.97. The molecule has 0 heterocycles. The molecule has 0 rings (SSSR count). The Morgan fingerprint density at radius 3 is 2.31 bits per heavy atom. The molecular weight excluding hydrogens is 162 g/mol. The van der Waals surface area contributed by atoms with Gasteiger partial charge in [0.2, 0.25) is 0 Å². The predicted molar refractivity (Wildman–Crippen MR) is 58.0 cm³/mol. The van der Waals surface area contributed by atoms with Crippen molar-refractivity contribution in [2.75, 3.05) is 20.3 Å². The number of ether oxygens (including phenoxy) is 1. The van der Waals surface area contributed by atoms with E-state index in [2.05, 4.69) is 26.1 Å². The fraction of sp³-hybridized carbons (Fsp3) is 1.00. The van der Waals surface area contributed by atoms with Gasteiger partial charge >= 0.3 is 0 Å². The maximum Gasteiger partial charge on any atom is 0.0480 e. The third-order valence-corrected chi connectivity index (χ3v) is 2.26. The summed E-state index contributed by atoms with van der Waals surface area (Å²) in [5, 5.41) is 3.19. The van der Waals surface area contributed by atoms with E-state index in [-0.39, 0.29) is 0 Å². The van der Waals surface area contributed by atoms with Crippen molar-refractivity contribution in [1.82, 2.24) is 5.32 Å². The Labute approximate surface area is 83.1 Å².